The van der Waals surface area contributed by atoms with Crippen LogP contribution in [0.2, 0.25) is 5.02 Å². The first-order valence-electron chi connectivity index (χ1n) is 17.2. The number of carbonyl (C=O) groups is 2. The maximum atomic E-state index is 15.5. The number of carbonyl (C=O) groups excluding carboxylic acids is 2. The van der Waals surface area contributed by atoms with E-state index in [2.05, 4.69) is 0 Å². The summed E-state index contributed by atoms with van der Waals surface area (Å²) in [5.41, 5.74) is 6.36. The molecule has 0 saturated carbocycles. The Bertz CT molecular complexity index is 1860. The molecule has 2 heterocycles. The first-order valence-corrected chi connectivity index (χ1v) is 19.4. The van der Waals surface area contributed by atoms with E-state index in [-0.39, 0.29) is 56.6 Å². The van der Waals surface area contributed by atoms with E-state index in [9.17, 15) is 26.8 Å². The Morgan fingerprint density at radius 3 is 2.25 bits per heavy atom. The highest BCUT2D eigenvalue weighted by Gasteiger charge is 2.46. The number of Topliss-reactive ketones (excluding diaryl/α,β-unsaturated/α-hetero) is 1. The fraction of sp³-hybridized carbons (Fsp3) is 0.474. The highest BCUT2D eigenvalue weighted by atomic mass is 35.5. The topological polar surface area (TPSA) is 119 Å². The molecule has 0 unspecified atom stereocenters. The fourth-order valence-corrected chi connectivity index (χ4v) is 8.05. The lowest BCUT2D eigenvalue weighted by Gasteiger charge is -2.49. The van der Waals surface area contributed by atoms with Crippen LogP contribution in [0.5, 0.6) is 0 Å². The van der Waals surface area contributed by atoms with Crippen LogP contribution in [-0.2, 0) is 37.1 Å². The van der Waals surface area contributed by atoms with Crippen LogP contribution >= 0.6 is 11.6 Å². The van der Waals surface area contributed by atoms with Gasteiger partial charge in [-0.3, -0.25) is 4.79 Å². The molecule has 0 bridgehead atoms. The molecule has 14 heteroatoms. The quantitative estimate of drug-likeness (QED) is 0.254. The molecule has 3 aromatic carbocycles. The standard InChI is InChI=1S/C38H45ClF3N3O6S/c1-37(2,3)51-36(47)44-22-30(50-38(23-44)14-16-45(17-15-38)52(4,48)49)12-13-31-25(6-5-7-32(31)42)20-33(46)35(43)34(24-8-10-27(39)11-9-24)26-18-28(40)21-29(41)19-26/h5-11,18-19,21,30,34-35H,12-17,20,22-23,43H2,1-4H3/t30-,34+,35-/m1/s1. The minimum Gasteiger partial charge on any atom is -0.444 e. The van der Waals surface area contributed by atoms with Gasteiger partial charge in [0.1, 0.15) is 23.1 Å². The molecular weight excluding hydrogens is 719 g/mol. The van der Waals surface area contributed by atoms with Crippen LogP contribution < -0.4 is 5.73 Å². The average Bonchev–Trinajstić information content (AvgIpc) is 3.04. The molecule has 2 aliphatic rings. The average molecular weight is 764 g/mol. The van der Waals surface area contributed by atoms with E-state index < -0.39 is 68.6 Å². The molecule has 1 spiro atoms. The highest BCUT2D eigenvalue weighted by Crippen LogP contribution is 2.36. The Balaban J connectivity index is 1.36. The van der Waals surface area contributed by atoms with Gasteiger partial charge in [0.05, 0.1) is 37.1 Å². The second kappa shape index (κ2) is 15.9. The van der Waals surface area contributed by atoms with Gasteiger partial charge in [-0.05, 0) is 99.0 Å². The number of nitrogens with zero attached hydrogens (tertiary/aromatic N) is 2. The summed E-state index contributed by atoms with van der Waals surface area (Å²) in [6.45, 7) is 6.16. The van der Waals surface area contributed by atoms with Crippen molar-refractivity contribution in [3.05, 3.63) is 105 Å². The Labute approximate surface area is 308 Å². The van der Waals surface area contributed by atoms with Gasteiger partial charge < -0.3 is 20.1 Å². The molecule has 2 saturated heterocycles. The maximum Gasteiger partial charge on any atom is 0.410 e. The van der Waals surface area contributed by atoms with Crippen LogP contribution in [0.4, 0.5) is 18.0 Å². The molecule has 0 radical (unpaired) electrons. The molecule has 3 atom stereocenters. The van der Waals surface area contributed by atoms with E-state index in [1.807, 2.05) is 0 Å². The summed E-state index contributed by atoms with van der Waals surface area (Å²) >= 11 is 6.08. The number of nitrogens with two attached hydrogens (primary N) is 1. The van der Waals surface area contributed by atoms with E-state index in [1.54, 1.807) is 56.0 Å². The summed E-state index contributed by atoms with van der Waals surface area (Å²) in [7, 11) is -3.41. The number of rotatable bonds is 10. The Kier molecular flexibility index (Phi) is 12.1. The van der Waals surface area contributed by atoms with Crippen molar-refractivity contribution in [3.8, 4) is 0 Å². The number of amides is 1. The zero-order chi connectivity index (χ0) is 38.0. The van der Waals surface area contributed by atoms with Crippen molar-refractivity contribution in [1.29, 1.82) is 0 Å². The van der Waals surface area contributed by atoms with Gasteiger partial charge in [-0.2, -0.15) is 0 Å². The molecule has 0 aliphatic carbocycles. The third-order valence-electron chi connectivity index (χ3n) is 9.57. The lowest BCUT2D eigenvalue weighted by molar-refractivity contribution is -0.169. The normalized spacial score (nSPS) is 19.3. The molecule has 1 amide bonds. The van der Waals surface area contributed by atoms with Gasteiger partial charge in [-0.25, -0.2) is 30.7 Å². The molecule has 282 valence electrons. The Hall–Kier alpha value is -3.49. The zero-order valence-electron chi connectivity index (χ0n) is 29.7. The minimum absolute atomic E-state index is 0.151. The number of piperidine rings is 1. The van der Waals surface area contributed by atoms with Crippen LogP contribution in [0.15, 0.2) is 60.7 Å². The van der Waals surface area contributed by atoms with Crippen molar-refractivity contribution in [2.75, 3.05) is 32.4 Å². The molecule has 9 nitrogen and oxygen atoms in total. The predicted octanol–water partition coefficient (Wildman–Crippen LogP) is 6.39. The van der Waals surface area contributed by atoms with Crippen molar-refractivity contribution in [2.24, 2.45) is 5.73 Å². The number of halogens is 4. The van der Waals surface area contributed by atoms with E-state index in [4.69, 9.17) is 26.8 Å². The fourth-order valence-electron chi connectivity index (χ4n) is 7.08. The predicted molar refractivity (Wildman–Crippen MR) is 192 cm³/mol. The molecule has 52 heavy (non-hydrogen) atoms. The number of ketones is 1. The van der Waals surface area contributed by atoms with Crippen molar-refractivity contribution < 1.29 is 40.7 Å². The second-order valence-electron chi connectivity index (χ2n) is 14.8. The van der Waals surface area contributed by atoms with Crippen molar-refractivity contribution in [3.63, 3.8) is 0 Å². The summed E-state index contributed by atoms with van der Waals surface area (Å²) in [5.74, 6) is -3.57. The molecule has 3 aromatic rings. The van der Waals surface area contributed by atoms with Gasteiger partial charge in [0.2, 0.25) is 10.0 Å². The van der Waals surface area contributed by atoms with Gasteiger partial charge in [-0.1, -0.05) is 35.9 Å². The summed E-state index contributed by atoms with van der Waals surface area (Å²) in [6, 6.07) is 12.6. The van der Waals surface area contributed by atoms with Gasteiger partial charge in [0.25, 0.3) is 0 Å². The molecule has 2 aliphatic heterocycles. The van der Waals surface area contributed by atoms with E-state index in [1.165, 1.54) is 16.4 Å². The van der Waals surface area contributed by atoms with Gasteiger partial charge in [0.15, 0.2) is 5.78 Å². The molecule has 5 rings (SSSR count). The van der Waals surface area contributed by atoms with E-state index >= 15 is 4.39 Å². The SMILES string of the molecule is CC(C)(C)OC(=O)N1C[C@@H](CCc2c(F)cccc2CC(=O)[C@@H](N)[C@@H](c2ccc(Cl)cc2)c2cc(F)cc(F)c2)OC2(CCN(S(C)(=O)=O)CC2)C1. The lowest BCUT2D eigenvalue weighted by Crippen LogP contribution is -2.61. The molecular formula is C38H45ClF3N3O6S. The summed E-state index contributed by atoms with van der Waals surface area (Å²) in [4.78, 5) is 28.7. The number of sulfonamides is 1. The minimum atomic E-state index is -3.41. The maximum absolute atomic E-state index is 15.5. The number of hydrogen-bond acceptors (Lipinski definition) is 7. The zero-order valence-corrected chi connectivity index (χ0v) is 31.3. The molecule has 0 aromatic heterocycles. The second-order valence-corrected chi connectivity index (χ2v) is 17.2. The van der Waals surface area contributed by atoms with Crippen molar-refractivity contribution >= 4 is 33.5 Å². The van der Waals surface area contributed by atoms with Crippen LogP contribution in [0.3, 0.4) is 0 Å². The highest BCUT2D eigenvalue weighted by molar-refractivity contribution is 7.88. The first-order chi connectivity index (χ1) is 24.3. The van der Waals surface area contributed by atoms with Crippen molar-refractivity contribution in [2.45, 2.75) is 82.1 Å². The van der Waals surface area contributed by atoms with Crippen LogP contribution in [0.25, 0.3) is 0 Å². The summed E-state index contributed by atoms with van der Waals surface area (Å²) in [5, 5.41) is 0.429. The first kappa shape index (κ1) is 39.7. The van der Waals surface area contributed by atoms with Gasteiger partial charge in [-0.15, -0.1) is 0 Å². The molecule has 2 fully saturated rings. The Morgan fingerprint density at radius 2 is 1.65 bits per heavy atom. The van der Waals surface area contributed by atoms with Gasteiger partial charge >= 0.3 is 6.09 Å². The lowest BCUT2D eigenvalue weighted by atomic mass is 9.82. The van der Waals surface area contributed by atoms with E-state index in [0.29, 0.717) is 29.0 Å². The largest absolute Gasteiger partial charge is 0.444 e. The smallest absolute Gasteiger partial charge is 0.410 e. The summed E-state index contributed by atoms with van der Waals surface area (Å²) in [6.07, 6.45) is 0.981. The number of hydrogen-bond donors (Lipinski definition) is 1. The summed E-state index contributed by atoms with van der Waals surface area (Å²) < 4.78 is 82.3. The van der Waals surface area contributed by atoms with Gasteiger partial charge in [0, 0.05) is 36.5 Å². The van der Waals surface area contributed by atoms with E-state index in [0.717, 1.165) is 24.5 Å². The van der Waals surface area contributed by atoms with Crippen LogP contribution in [0.1, 0.15) is 68.2 Å². The van der Waals surface area contributed by atoms with Crippen LogP contribution in [-0.4, -0.2) is 85.3 Å². The molecule has 2 N–H and O–H groups in total. The third kappa shape index (κ3) is 9.93. The number of ether oxygens (including phenoxy) is 2. The number of morpholine rings is 1. The van der Waals surface area contributed by atoms with Crippen molar-refractivity contribution in [1.82, 2.24) is 9.21 Å². The van der Waals surface area contributed by atoms with Crippen LogP contribution in [0, 0.1) is 17.5 Å². The Morgan fingerprint density at radius 1 is 1.02 bits per heavy atom. The third-order valence-corrected chi connectivity index (χ3v) is 11.1. The number of benzene rings is 3. The monoisotopic (exact) mass is 763 g/mol.